The van der Waals surface area contributed by atoms with E-state index in [9.17, 15) is 4.79 Å². The van der Waals surface area contributed by atoms with Gasteiger partial charge in [-0.25, -0.2) is 0 Å². The van der Waals surface area contributed by atoms with Crippen LogP contribution in [0.5, 0.6) is 0 Å². The van der Waals surface area contributed by atoms with Gasteiger partial charge in [0, 0.05) is 6.42 Å². The van der Waals surface area contributed by atoms with Crippen molar-refractivity contribution in [2.45, 2.75) is 59.3 Å². The molecule has 0 unspecified atom stereocenters. The Morgan fingerprint density at radius 3 is 2.06 bits per heavy atom. The Kier molecular flexibility index (Phi) is 4.50. The summed E-state index contributed by atoms with van der Waals surface area (Å²) in [6.45, 7) is 11.1. The van der Waals surface area contributed by atoms with Crippen molar-refractivity contribution in [1.82, 2.24) is 0 Å². The van der Waals surface area contributed by atoms with Crippen molar-refractivity contribution in [3.05, 3.63) is 34.4 Å². The lowest BCUT2D eigenvalue weighted by Gasteiger charge is -2.22. The maximum absolute atomic E-state index is 10.4. The molecule has 1 rings (SSSR count). The van der Waals surface area contributed by atoms with E-state index in [1.807, 2.05) is 0 Å². The standard InChI is InChI=1S/C16H24O/c1-12-10-14(16(3,4)5)11-13(2)15(12)8-6-7-9-17/h9-11H,6-8H2,1-5H3. The van der Waals surface area contributed by atoms with E-state index >= 15 is 0 Å². The van der Waals surface area contributed by atoms with E-state index in [1.165, 1.54) is 22.3 Å². The van der Waals surface area contributed by atoms with Crippen LogP contribution < -0.4 is 0 Å². The second-order valence-corrected chi connectivity index (χ2v) is 5.90. The van der Waals surface area contributed by atoms with Crippen LogP contribution in [0.1, 0.15) is 55.9 Å². The zero-order valence-electron chi connectivity index (χ0n) is 11.8. The minimum atomic E-state index is 0.205. The Morgan fingerprint density at radius 2 is 1.65 bits per heavy atom. The molecule has 1 aromatic carbocycles. The van der Waals surface area contributed by atoms with Crippen molar-refractivity contribution in [3.63, 3.8) is 0 Å². The molecular formula is C16H24O. The highest BCUT2D eigenvalue weighted by Crippen LogP contribution is 2.27. The van der Waals surface area contributed by atoms with Gasteiger partial charge in [-0.05, 0) is 54.4 Å². The number of carbonyl (C=O) groups excluding carboxylic acids is 1. The summed E-state index contributed by atoms with van der Waals surface area (Å²) < 4.78 is 0. The second kappa shape index (κ2) is 5.48. The Morgan fingerprint density at radius 1 is 1.12 bits per heavy atom. The number of benzene rings is 1. The molecule has 0 aliphatic heterocycles. The van der Waals surface area contributed by atoms with Crippen LogP contribution in [-0.2, 0) is 16.6 Å². The van der Waals surface area contributed by atoms with E-state index in [1.54, 1.807) is 0 Å². The zero-order chi connectivity index (χ0) is 13.1. The highest BCUT2D eigenvalue weighted by molar-refractivity contribution is 5.49. The average Bonchev–Trinajstić information content (AvgIpc) is 2.20. The maximum Gasteiger partial charge on any atom is 0.120 e. The van der Waals surface area contributed by atoms with Gasteiger partial charge in [-0.15, -0.1) is 0 Å². The molecule has 1 nitrogen and oxygen atoms in total. The van der Waals surface area contributed by atoms with Gasteiger partial charge in [0.05, 0.1) is 0 Å². The summed E-state index contributed by atoms with van der Waals surface area (Å²) >= 11 is 0. The highest BCUT2D eigenvalue weighted by atomic mass is 16.1. The predicted octanol–water partition coefficient (Wildman–Crippen LogP) is 4.12. The molecule has 0 atom stereocenters. The van der Waals surface area contributed by atoms with Crippen LogP contribution in [0.4, 0.5) is 0 Å². The topological polar surface area (TPSA) is 17.1 Å². The summed E-state index contributed by atoms with van der Waals surface area (Å²) in [7, 11) is 0. The number of aryl methyl sites for hydroxylation is 2. The molecule has 1 aromatic rings. The molecule has 0 fully saturated rings. The van der Waals surface area contributed by atoms with Crippen LogP contribution in [0.25, 0.3) is 0 Å². The third-order valence-electron chi connectivity index (χ3n) is 3.31. The van der Waals surface area contributed by atoms with Crippen molar-refractivity contribution in [2.24, 2.45) is 0 Å². The number of unbranched alkanes of at least 4 members (excludes halogenated alkanes) is 1. The van der Waals surface area contributed by atoms with Gasteiger partial charge in [0.15, 0.2) is 0 Å². The normalized spacial score (nSPS) is 11.6. The van der Waals surface area contributed by atoms with Crippen molar-refractivity contribution in [2.75, 3.05) is 0 Å². The molecule has 17 heavy (non-hydrogen) atoms. The summed E-state index contributed by atoms with van der Waals surface area (Å²) in [6, 6.07) is 4.59. The van der Waals surface area contributed by atoms with Gasteiger partial charge in [-0.2, -0.15) is 0 Å². The van der Waals surface area contributed by atoms with Crippen LogP contribution in [0.3, 0.4) is 0 Å². The summed E-state index contributed by atoms with van der Waals surface area (Å²) in [5.41, 5.74) is 5.74. The smallest absolute Gasteiger partial charge is 0.120 e. The number of rotatable bonds is 4. The third-order valence-corrected chi connectivity index (χ3v) is 3.31. The SMILES string of the molecule is Cc1cc(C(C)(C)C)cc(C)c1CCCC=O. The van der Waals surface area contributed by atoms with Crippen LogP contribution in [0.2, 0.25) is 0 Å². The van der Waals surface area contributed by atoms with Crippen molar-refractivity contribution in [3.8, 4) is 0 Å². The molecule has 94 valence electrons. The molecular weight excluding hydrogens is 208 g/mol. The first-order chi connectivity index (χ1) is 7.86. The average molecular weight is 232 g/mol. The molecule has 0 aliphatic rings. The Bertz CT molecular complexity index is 373. The van der Waals surface area contributed by atoms with Crippen molar-refractivity contribution in [1.29, 1.82) is 0 Å². The number of carbonyl (C=O) groups is 1. The van der Waals surface area contributed by atoms with Gasteiger partial charge < -0.3 is 4.79 Å². The van der Waals surface area contributed by atoms with Crippen molar-refractivity contribution >= 4 is 6.29 Å². The minimum Gasteiger partial charge on any atom is -0.303 e. The van der Waals surface area contributed by atoms with Crippen LogP contribution in [0.15, 0.2) is 12.1 Å². The summed E-state index contributed by atoms with van der Waals surface area (Å²) in [5, 5.41) is 0. The molecule has 0 saturated heterocycles. The Balaban J connectivity index is 2.98. The minimum absolute atomic E-state index is 0.205. The molecule has 1 heteroatoms. The zero-order valence-corrected chi connectivity index (χ0v) is 11.8. The lowest BCUT2D eigenvalue weighted by atomic mass is 9.83. The van der Waals surface area contributed by atoms with Gasteiger partial charge in [0.25, 0.3) is 0 Å². The van der Waals surface area contributed by atoms with Gasteiger partial charge in [0.2, 0.25) is 0 Å². The van der Waals surface area contributed by atoms with Gasteiger partial charge in [0.1, 0.15) is 6.29 Å². The van der Waals surface area contributed by atoms with Gasteiger partial charge in [-0.1, -0.05) is 32.9 Å². The predicted molar refractivity (Wildman–Crippen MR) is 73.6 cm³/mol. The molecule has 0 saturated carbocycles. The first kappa shape index (κ1) is 14.0. The Hall–Kier alpha value is -1.11. The van der Waals surface area contributed by atoms with E-state index in [2.05, 4.69) is 46.8 Å². The lowest BCUT2D eigenvalue weighted by Crippen LogP contribution is -2.12. The highest BCUT2D eigenvalue weighted by Gasteiger charge is 2.15. The fourth-order valence-corrected chi connectivity index (χ4v) is 2.18. The molecule has 0 heterocycles. The molecule has 0 aliphatic carbocycles. The first-order valence-electron chi connectivity index (χ1n) is 6.40. The molecule has 0 bridgehead atoms. The summed E-state index contributed by atoms with van der Waals surface area (Å²) in [6.07, 6.45) is 3.65. The van der Waals surface area contributed by atoms with Gasteiger partial charge in [-0.3, -0.25) is 0 Å². The molecule has 0 aromatic heterocycles. The van der Waals surface area contributed by atoms with E-state index in [0.717, 1.165) is 19.1 Å². The monoisotopic (exact) mass is 232 g/mol. The van der Waals surface area contributed by atoms with Gasteiger partial charge >= 0.3 is 0 Å². The van der Waals surface area contributed by atoms with E-state index in [-0.39, 0.29) is 5.41 Å². The third kappa shape index (κ3) is 3.69. The summed E-state index contributed by atoms with van der Waals surface area (Å²) in [5.74, 6) is 0. The summed E-state index contributed by atoms with van der Waals surface area (Å²) in [4.78, 5) is 10.4. The fraction of sp³-hybridized carbons (Fsp3) is 0.562. The largest absolute Gasteiger partial charge is 0.303 e. The molecule has 0 spiro atoms. The van der Waals surface area contributed by atoms with Crippen LogP contribution in [-0.4, -0.2) is 6.29 Å². The molecule has 0 N–H and O–H groups in total. The maximum atomic E-state index is 10.4. The number of aldehydes is 1. The quantitative estimate of drug-likeness (QED) is 0.563. The molecule has 0 radical (unpaired) electrons. The van der Waals surface area contributed by atoms with Crippen LogP contribution in [0, 0.1) is 13.8 Å². The van der Waals surface area contributed by atoms with Crippen molar-refractivity contribution < 1.29 is 4.79 Å². The lowest BCUT2D eigenvalue weighted by molar-refractivity contribution is -0.107. The molecule has 0 amide bonds. The Labute approximate surface area is 105 Å². The van der Waals surface area contributed by atoms with E-state index < -0.39 is 0 Å². The van der Waals surface area contributed by atoms with E-state index in [0.29, 0.717) is 6.42 Å². The first-order valence-corrected chi connectivity index (χ1v) is 6.40. The van der Waals surface area contributed by atoms with Crippen LogP contribution >= 0.6 is 0 Å². The second-order valence-electron chi connectivity index (χ2n) is 5.90. The number of hydrogen-bond donors (Lipinski definition) is 0. The number of hydrogen-bond acceptors (Lipinski definition) is 1. The van der Waals surface area contributed by atoms with E-state index in [4.69, 9.17) is 0 Å². The fourth-order valence-electron chi connectivity index (χ4n) is 2.18.